The van der Waals surface area contributed by atoms with Gasteiger partial charge in [-0.05, 0) is 69.4 Å². The van der Waals surface area contributed by atoms with Crippen molar-refractivity contribution in [3.8, 4) is 11.6 Å². The van der Waals surface area contributed by atoms with Crippen LogP contribution in [0.1, 0.15) is 17.5 Å². The summed E-state index contributed by atoms with van der Waals surface area (Å²) in [7, 11) is 4.30. The van der Waals surface area contributed by atoms with Crippen molar-refractivity contribution in [3.05, 3.63) is 72.6 Å². The van der Waals surface area contributed by atoms with E-state index in [9.17, 15) is 0 Å². The molecule has 41 heavy (non-hydrogen) atoms. The number of ether oxygens (including phenoxy) is 1. The molecule has 208 valence electrons. The number of likely N-dealkylation sites (N-methyl/N-ethyl adjacent to an activating group) is 1. The second-order valence-electron chi connectivity index (χ2n) is 10.8. The van der Waals surface area contributed by atoms with Gasteiger partial charge in [0, 0.05) is 43.0 Å². The Hall–Kier alpha value is -4.61. The maximum Gasteiger partial charge on any atom is 0.224 e. The zero-order valence-corrected chi connectivity index (χ0v) is 23.4. The highest BCUT2D eigenvalue weighted by Crippen LogP contribution is 2.42. The first-order valence-electron chi connectivity index (χ1n) is 13.8. The summed E-state index contributed by atoms with van der Waals surface area (Å²) < 4.78 is 7.68. The Morgan fingerprint density at radius 2 is 1.93 bits per heavy atom. The lowest BCUT2D eigenvalue weighted by molar-refractivity contribution is 0.247. The molecular formula is C30H32N10O. The molecule has 5 heterocycles. The van der Waals surface area contributed by atoms with Crippen LogP contribution in [0, 0.1) is 6.92 Å². The first-order valence-corrected chi connectivity index (χ1v) is 13.8. The fourth-order valence-electron chi connectivity index (χ4n) is 5.51. The zero-order chi connectivity index (χ0) is 27.9. The second-order valence-corrected chi connectivity index (χ2v) is 10.8. The lowest BCUT2D eigenvalue weighted by Crippen LogP contribution is -2.57. The predicted molar refractivity (Wildman–Crippen MR) is 160 cm³/mol. The molecule has 0 spiro atoms. The summed E-state index contributed by atoms with van der Waals surface area (Å²) in [4.78, 5) is 22.7. The minimum Gasteiger partial charge on any atom is -0.439 e. The first-order chi connectivity index (χ1) is 20.0. The zero-order valence-electron chi connectivity index (χ0n) is 23.4. The average Bonchev–Trinajstić information content (AvgIpc) is 3.42. The summed E-state index contributed by atoms with van der Waals surface area (Å²) in [5.41, 5.74) is 7.34. The molecular weight excluding hydrogens is 516 g/mol. The van der Waals surface area contributed by atoms with E-state index in [0.29, 0.717) is 17.6 Å². The molecule has 5 aromatic rings. The molecule has 0 unspecified atom stereocenters. The monoisotopic (exact) mass is 548 g/mol. The van der Waals surface area contributed by atoms with E-state index in [2.05, 4.69) is 78.9 Å². The summed E-state index contributed by atoms with van der Waals surface area (Å²) in [6.07, 6.45) is 8.02. The number of benzene rings is 2. The molecule has 3 aromatic heterocycles. The molecule has 0 aliphatic carbocycles. The third kappa shape index (κ3) is 4.83. The van der Waals surface area contributed by atoms with Gasteiger partial charge in [-0.15, -0.1) is 0 Å². The molecule has 1 saturated heterocycles. The number of nitrogens with zero attached hydrogens (tertiary/aromatic N) is 8. The van der Waals surface area contributed by atoms with Crippen LogP contribution in [0.15, 0.2) is 61.5 Å². The van der Waals surface area contributed by atoms with Crippen molar-refractivity contribution in [2.75, 3.05) is 50.5 Å². The van der Waals surface area contributed by atoms with Crippen molar-refractivity contribution in [1.82, 2.24) is 39.8 Å². The van der Waals surface area contributed by atoms with Gasteiger partial charge in [0.15, 0.2) is 5.65 Å². The molecule has 0 atom stereocenters. The Balaban J connectivity index is 1.23. The summed E-state index contributed by atoms with van der Waals surface area (Å²) in [5, 5.41) is 12.2. The van der Waals surface area contributed by atoms with E-state index in [-0.39, 0.29) is 0 Å². The summed E-state index contributed by atoms with van der Waals surface area (Å²) in [5.74, 6) is 1.98. The van der Waals surface area contributed by atoms with Gasteiger partial charge in [0.05, 0.1) is 16.6 Å². The standard InChI is InChI=1S/C30H32N10O/c1-19-12-21(4-7-25(19)41-27-13-26-33-17-36-40(26)18-35-27)37-30-28-24(32-16-34-30)6-5-23(20-8-10-31-11-9-20)29(28)39-14-22(15-39)38(2)3/h4-8,12-13,16-18,22,31H,9-11,14-15H2,1-3H3,(H,32,34,37). The minimum absolute atomic E-state index is 0.464. The SMILES string of the molecule is Cc1cc(Nc2ncnc3ccc(C4=CCNCC4)c(N4CC(N(C)C)C4)c23)ccc1Oc1cc2ncnn2cn1. The summed E-state index contributed by atoms with van der Waals surface area (Å²) in [6.45, 7) is 5.83. The van der Waals surface area contributed by atoms with Gasteiger partial charge in [0.1, 0.15) is 30.5 Å². The van der Waals surface area contributed by atoms with Gasteiger partial charge in [-0.3, -0.25) is 0 Å². The van der Waals surface area contributed by atoms with Crippen LogP contribution in [0.2, 0.25) is 0 Å². The van der Waals surface area contributed by atoms with E-state index in [1.54, 1.807) is 23.2 Å². The fourth-order valence-corrected chi connectivity index (χ4v) is 5.51. The summed E-state index contributed by atoms with van der Waals surface area (Å²) >= 11 is 0. The van der Waals surface area contributed by atoms with Gasteiger partial charge in [-0.1, -0.05) is 12.1 Å². The van der Waals surface area contributed by atoms with Gasteiger partial charge in [0.25, 0.3) is 0 Å². The Kier molecular flexibility index (Phi) is 6.44. The number of hydrogen-bond donors (Lipinski definition) is 2. The van der Waals surface area contributed by atoms with Crippen molar-refractivity contribution >= 4 is 39.3 Å². The maximum atomic E-state index is 6.08. The van der Waals surface area contributed by atoms with Crippen LogP contribution in [0.25, 0.3) is 22.1 Å². The molecule has 0 radical (unpaired) electrons. The number of hydrogen-bond acceptors (Lipinski definition) is 10. The van der Waals surface area contributed by atoms with E-state index in [1.165, 1.54) is 23.2 Å². The molecule has 11 heteroatoms. The minimum atomic E-state index is 0.464. The van der Waals surface area contributed by atoms with E-state index in [4.69, 9.17) is 9.72 Å². The van der Waals surface area contributed by atoms with Crippen molar-refractivity contribution in [3.63, 3.8) is 0 Å². The van der Waals surface area contributed by atoms with Crippen LogP contribution in [0.4, 0.5) is 17.2 Å². The molecule has 0 amide bonds. The molecule has 0 saturated carbocycles. The van der Waals surface area contributed by atoms with Gasteiger partial charge < -0.3 is 25.2 Å². The lowest BCUT2D eigenvalue weighted by atomic mass is 9.93. The van der Waals surface area contributed by atoms with Gasteiger partial charge in [-0.25, -0.2) is 24.5 Å². The largest absolute Gasteiger partial charge is 0.439 e. The van der Waals surface area contributed by atoms with Crippen molar-refractivity contribution in [2.45, 2.75) is 19.4 Å². The van der Waals surface area contributed by atoms with Crippen LogP contribution < -0.4 is 20.3 Å². The molecule has 2 aromatic carbocycles. The van der Waals surface area contributed by atoms with E-state index < -0.39 is 0 Å². The van der Waals surface area contributed by atoms with Crippen molar-refractivity contribution < 1.29 is 4.74 Å². The first kappa shape index (κ1) is 25.4. The van der Waals surface area contributed by atoms with Crippen molar-refractivity contribution in [2.24, 2.45) is 0 Å². The number of aryl methyl sites for hydroxylation is 1. The topological polar surface area (TPSA) is 109 Å². The molecule has 1 fully saturated rings. The molecule has 2 aliphatic rings. The van der Waals surface area contributed by atoms with Gasteiger partial charge >= 0.3 is 0 Å². The number of aromatic nitrogens is 6. The normalized spacial score (nSPS) is 15.8. The van der Waals surface area contributed by atoms with E-state index in [1.807, 2.05) is 19.1 Å². The van der Waals surface area contributed by atoms with Crippen LogP contribution >= 0.6 is 0 Å². The average molecular weight is 549 g/mol. The third-order valence-electron chi connectivity index (χ3n) is 7.89. The number of rotatable bonds is 7. The predicted octanol–water partition coefficient (Wildman–Crippen LogP) is 4.04. The Bertz CT molecular complexity index is 1770. The number of nitrogens with one attached hydrogen (secondary N) is 2. The highest BCUT2D eigenvalue weighted by atomic mass is 16.5. The van der Waals surface area contributed by atoms with Gasteiger partial charge in [0.2, 0.25) is 5.88 Å². The Morgan fingerprint density at radius 1 is 1.02 bits per heavy atom. The smallest absolute Gasteiger partial charge is 0.224 e. The third-order valence-corrected chi connectivity index (χ3v) is 7.89. The highest BCUT2D eigenvalue weighted by Gasteiger charge is 2.32. The molecule has 0 bridgehead atoms. The number of anilines is 3. The maximum absolute atomic E-state index is 6.08. The van der Waals surface area contributed by atoms with E-state index >= 15 is 0 Å². The van der Waals surface area contributed by atoms with Crippen LogP contribution in [0.3, 0.4) is 0 Å². The van der Waals surface area contributed by atoms with Crippen LogP contribution in [-0.2, 0) is 0 Å². The quantitative estimate of drug-likeness (QED) is 0.309. The lowest BCUT2D eigenvalue weighted by Gasteiger charge is -2.45. The van der Waals surface area contributed by atoms with Crippen LogP contribution in [-0.4, -0.2) is 80.8 Å². The summed E-state index contributed by atoms with van der Waals surface area (Å²) in [6, 6.07) is 12.6. The Labute approximate surface area is 237 Å². The van der Waals surface area contributed by atoms with Gasteiger partial charge in [-0.2, -0.15) is 5.10 Å². The molecule has 11 nitrogen and oxygen atoms in total. The molecule has 7 rings (SSSR count). The molecule has 2 N–H and O–H groups in total. The van der Waals surface area contributed by atoms with E-state index in [0.717, 1.165) is 66.3 Å². The molecule has 2 aliphatic heterocycles. The van der Waals surface area contributed by atoms with Crippen molar-refractivity contribution in [1.29, 1.82) is 0 Å². The van der Waals surface area contributed by atoms with Crippen LogP contribution in [0.5, 0.6) is 11.6 Å². The second kappa shape index (κ2) is 10.4. The highest BCUT2D eigenvalue weighted by molar-refractivity contribution is 6.05. The fraction of sp³-hybridized carbons (Fsp3) is 0.300. The number of fused-ring (bicyclic) bond motifs is 2. The Morgan fingerprint density at radius 3 is 2.73 bits per heavy atom.